The summed E-state index contributed by atoms with van der Waals surface area (Å²) in [7, 11) is 0. The van der Waals surface area contributed by atoms with Crippen LogP contribution in [0, 0.1) is 28.1 Å². The minimum atomic E-state index is -0.230. The molecule has 0 spiro atoms. The average Bonchev–Trinajstić information content (AvgIpc) is 2.11. The Morgan fingerprint density at radius 2 is 1.37 bits per heavy atom. The summed E-state index contributed by atoms with van der Waals surface area (Å²) < 4.78 is 0. The first-order chi connectivity index (χ1) is 8.24. The van der Waals surface area contributed by atoms with Gasteiger partial charge in [0.25, 0.3) is 0 Å². The van der Waals surface area contributed by atoms with Crippen molar-refractivity contribution in [1.82, 2.24) is 0 Å². The van der Waals surface area contributed by atoms with Crippen molar-refractivity contribution >= 4 is 0 Å². The lowest BCUT2D eigenvalue weighted by Gasteiger charge is -2.47. The van der Waals surface area contributed by atoms with Crippen LogP contribution in [0.15, 0.2) is 11.6 Å². The Labute approximate surface area is 120 Å². The van der Waals surface area contributed by atoms with Gasteiger partial charge in [-0.1, -0.05) is 74.0 Å². The number of hydrogen-bond acceptors (Lipinski definition) is 1. The number of allylic oxidation sites excluding steroid dienone is 1. The molecule has 0 aromatic rings. The largest absolute Gasteiger partial charge is 0.392 e. The predicted octanol–water partition coefficient (Wildman–Crippen LogP) is 5.05. The van der Waals surface area contributed by atoms with Crippen molar-refractivity contribution in [2.24, 2.45) is 28.1 Å². The van der Waals surface area contributed by atoms with Gasteiger partial charge in [0.2, 0.25) is 0 Å². The maximum absolute atomic E-state index is 10.8. The van der Waals surface area contributed by atoms with E-state index >= 15 is 0 Å². The molecule has 1 rings (SSSR count). The summed E-state index contributed by atoms with van der Waals surface area (Å²) in [6, 6.07) is 0. The third-order valence-corrected chi connectivity index (χ3v) is 4.68. The van der Waals surface area contributed by atoms with Gasteiger partial charge in [-0.2, -0.15) is 0 Å². The fourth-order valence-corrected chi connectivity index (χ4v) is 3.13. The van der Waals surface area contributed by atoms with Crippen LogP contribution in [0.1, 0.15) is 68.7 Å². The molecule has 112 valence electrons. The van der Waals surface area contributed by atoms with Crippen LogP contribution >= 0.6 is 0 Å². The summed E-state index contributed by atoms with van der Waals surface area (Å²) in [4.78, 5) is 0. The molecule has 0 aliphatic heterocycles. The van der Waals surface area contributed by atoms with Crippen molar-refractivity contribution in [3.05, 3.63) is 11.6 Å². The highest BCUT2D eigenvalue weighted by molar-refractivity contribution is 5.21. The molecule has 1 nitrogen and oxygen atoms in total. The molecule has 0 aromatic heterocycles. The molecule has 0 bridgehead atoms. The zero-order valence-electron chi connectivity index (χ0n) is 14.5. The van der Waals surface area contributed by atoms with E-state index in [1.807, 2.05) is 0 Å². The van der Waals surface area contributed by atoms with Crippen LogP contribution in [0.2, 0.25) is 0 Å². The maximum atomic E-state index is 10.8. The minimum absolute atomic E-state index is 0.111. The molecule has 3 atom stereocenters. The molecular weight excluding hydrogens is 232 g/mol. The quantitative estimate of drug-likeness (QED) is 0.608. The topological polar surface area (TPSA) is 20.2 Å². The van der Waals surface area contributed by atoms with E-state index in [4.69, 9.17) is 0 Å². The van der Waals surface area contributed by atoms with Crippen LogP contribution in [-0.2, 0) is 0 Å². The van der Waals surface area contributed by atoms with Gasteiger partial charge in [0.1, 0.15) is 0 Å². The monoisotopic (exact) mass is 266 g/mol. The Kier molecular flexibility index (Phi) is 4.33. The third-order valence-electron chi connectivity index (χ3n) is 4.68. The van der Waals surface area contributed by atoms with Gasteiger partial charge in [0.05, 0.1) is 6.10 Å². The summed E-state index contributed by atoms with van der Waals surface area (Å²) in [5.74, 6) is 0.593. The van der Waals surface area contributed by atoms with E-state index in [1.54, 1.807) is 0 Å². The van der Waals surface area contributed by atoms with Crippen LogP contribution in [0.4, 0.5) is 0 Å². The molecule has 2 unspecified atom stereocenters. The second-order valence-electron chi connectivity index (χ2n) is 9.50. The third kappa shape index (κ3) is 3.84. The molecule has 0 radical (unpaired) electrons. The number of aliphatic hydroxyl groups excluding tert-OH is 1. The second kappa shape index (κ2) is 4.91. The van der Waals surface area contributed by atoms with Gasteiger partial charge in [0, 0.05) is 5.92 Å². The van der Waals surface area contributed by atoms with E-state index in [1.165, 1.54) is 5.57 Å². The molecule has 0 aromatic carbocycles. The Bertz CT molecular complexity index is 343. The van der Waals surface area contributed by atoms with Gasteiger partial charge in [-0.25, -0.2) is 0 Å². The summed E-state index contributed by atoms with van der Waals surface area (Å²) >= 11 is 0. The predicted molar refractivity (Wildman–Crippen MR) is 84.1 cm³/mol. The lowest BCUT2D eigenvalue weighted by Crippen LogP contribution is -2.45. The van der Waals surface area contributed by atoms with Gasteiger partial charge < -0.3 is 5.11 Å². The Morgan fingerprint density at radius 1 is 0.895 bits per heavy atom. The minimum Gasteiger partial charge on any atom is -0.392 e. The first-order valence-electron chi connectivity index (χ1n) is 7.64. The zero-order chi connectivity index (χ0) is 15.2. The van der Waals surface area contributed by atoms with Crippen LogP contribution in [0.25, 0.3) is 0 Å². The van der Waals surface area contributed by atoms with Crippen molar-refractivity contribution in [3.63, 3.8) is 0 Å². The molecule has 0 amide bonds. The molecule has 0 saturated carbocycles. The lowest BCUT2D eigenvalue weighted by atomic mass is 9.60. The van der Waals surface area contributed by atoms with Crippen LogP contribution in [-0.4, -0.2) is 11.2 Å². The molecule has 0 fully saturated rings. The van der Waals surface area contributed by atoms with Crippen molar-refractivity contribution in [1.29, 1.82) is 0 Å². The van der Waals surface area contributed by atoms with Crippen molar-refractivity contribution in [2.75, 3.05) is 0 Å². The van der Waals surface area contributed by atoms with Crippen LogP contribution in [0.5, 0.6) is 0 Å². The standard InChI is InChI=1S/C18H34O/c1-16(2,3)12-10-13(17(4,5)6)15(19)14(11-12)18(7,8)9/h10,13-15,19H,11H2,1-9H3/t13?,14?,15-/m0/s1. The number of aliphatic hydroxyl groups is 1. The SMILES string of the molecule is CC(C)(C)C1=CC(C(C)(C)C)[C@H](O)C(C(C)(C)C)C1. The van der Waals surface area contributed by atoms with Crippen molar-refractivity contribution in [3.8, 4) is 0 Å². The summed E-state index contributed by atoms with van der Waals surface area (Å²) in [6.07, 6.45) is 3.17. The molecule has 1 N–H and O–H groups in total. The van der Waals surface area contributed by atoms with Gasteiger partial charge in [-0.15, -0.1) is 0 Å². The smallest absolute Gasteiger partial charge is 0.0644 e. The molecule has 19 heavy (non-hydrogen) atoms. The van der Waals surface area contributed by atoms with E-state index in [2.05, 4.69) is 68.4 Å². The first kappa shape index (κ1) is 16.8. The highest BCUT2D eigenvalue weighted by Crippen LogP contribution is 2.48. The van der Waals surface area contributed by atoms with E-state index in [9.17, 15) is 5.11 Å². The van der Waals surface area contributed by atoms with E-state index in [0.29, 0.717) is 5.92 Å². The van der Waals surface area contributed by atoms with E-state index in [0.717, 1.165) is 6.42 Å². The Balaban J connectivity index is 3.24. The van der Waals surface area contributed by atoms with E-state index < -0.39 is 0 Å². The fraction of sp³-hybridized carbons (Fsp3) is 0.889. The molecular formula is C18H34O. The highest BCUT2D eigenvalue weighted by Gasteiger charge is 2.44. The fourth-order valence-electron chi connectivity index (χ4n) is 3.13. The Hall–Kier alpha value is -0.300. The number of hydrogen-bond donors (Lipinski definition) is 1. The summed E-state index contributed by atoms with van der Waals surface area (Å²) in [6.45, 7) is 20.3. The van der Waals surface area contributed by atoms with Crippen LogP contribution in [0.3, 0.4) is 0 Å². The normalized spacial score (nSPS) is 30.2. The first-order valence-corrected chi connectivity index (χ1v) is 7.64. The average molecular weight is 266 g/mol. The highest BCUT2D eigenvalue weighted by atomic mass is 16.3. The Morgan fingerprint density at radius 3 is 1.68 bits per heavy atom. The van der Waals surface area contributed by atoms with Crippen molar-refractivity contribution in [2.45, 2.75) is 74.8 Å². The zero-order valence-corrected chi connectivity index (χ0v) is 14.5. The summed E-state index contributed by atoms with van der Waals surface area (Å²) in [5, 5.41) is 10.8. The maximum Gasteiger partial charge on any atom is 0.0644 e. The number of rotatable bonds is 0. The van der Waals surface area contributed by atoms with Gasteiger partial charge >= 0.3 is 0 Å². The summed E-state index contributed by atoms with van der Waals surface area (Å²) in [5.41, 5.74) is 1.97. The lowest BCUT2D eigenvalue weighted by molar-refractivity contribution is -0.0284. The second-order valence-corrected chi connectivity index (χ2v) is 9.50. The van der Waals surface area contributed by atoms with Crippen LogP contribution < -0.4 is 0 Å². The molecule has 1 aliphatic rings. The molecule has 1 aliphatic carbocycles. The van der Waals surface area contributed by atoms with Crippen molar-refractivity contribution < 1.29 is 5.11 Å². The van der Waals surface area contributed by atoms with E-state index in [-0.39, 0.29) is 28.3 Å². The molecule has 0 saturated heterocycles. The molecule has 1 heteroatoms. The van der Waals surface area contributed by atoms with Gasteiger partial charge in [0.15, 0.2) is 0 Å². The van der Waals surface area contributed by atoms with Gasteiger partial charge in [-0.05, 0) is 28.6 Å². The molecule has 0 heterocycles. The van der Waals surface area contributed by atoms with Gasteiger partial charge in [-0.3, -0.25) is 0 Å².